The molecule has 0 aromatic heterocycles. The minimum absolute atomic E-state index is 0.0553. The summed E-state index contributed by atoms with van der Waals surface area (Å²) in [5, 5.41) is 0. The van der Waals surface area contributed by atoms with Crippen molar-refractivity contribution in [3.8, 4) is 17.2 Å². The van der Waals surface area contributed by atoms with Crippen molar-refractivity contribution in [2.45, 2.75) is 4.90 Å². The molecule has 0 radical (unpaired) electrons. The summed E-state index contributed by atoms with van der Waals surface area (Å²) in [5.74, 6) is -0.522. The topological polar surface area (TPSA) is 108 Å². The lowest BCUT2D eigenvalue weighted by Crippen LogP contribution is -2.33. The Morgan fingerprint density at radius 3 is 1.82 bits per heavy atom. The molecule has 0 saturated carbocycles. The third-order valence-corrected chi connectivity index (χ3v) is 6.75. The number of carbonyl (C=O) groups is 2. The van der Waals surface area contributed by atoms with E-state index in [1.54, 1.807) is 36.4 Å². The zero-order valence-corrected chi connectivity index (χ0v) is 19.4. The monoisotopic (exact) mass is 479 g/mol. The van der Waals surface area contributed by atoms with E-state index in [0.29, 0.717) is 5.75 Å². The number of rotatable bonds is 7. The number of ether oxygens (including phenoxy) is 3. The maximum Gasteiger partial charge on any atom is 0.262 e. The third kappa shape index (κ3) is 3.80. The normalized spacial score (nSPS) is 13.4. The van der Waals surface area contributed by atoms with Crippen molar-refractivity contribution in [2.24, 2.45) is 0 Å². The van der Waals surface area contributed by atoms with Crippen molar-refractivity contribution in [2.75, 3.05) is 21.3 Å². The van der Waals surface area contributed by atoms with Crippen molar-refractivity contribution >= 4 is 27.2 Å². The molecule has 34 heavy (non-hydrogen) atoms. The quantitative estimate of drug-likeness (QED) is 0.553. The minimum Gasteiger partial charge on any atom is -0.493 e. The van der Waals surface area contributed by atoms with Crippen molar-refractivity contribution in [3.63, 3.8) is 0 Å². The van der Waals surface area contributed by atoms with Gasteiger partial charge < -0.3 is 14.2 Å². The van der Waals surface area contributed by atoms with Gasteiger partial charge in [0.25, 0.3) is 10.0 Å². The van der Waals surface area contributed by atoms with Gasteiger partial charge in [-0.15, -0.1) is 0 Å². The second-order valence-corrected chi connectivity index (χ2v) is 8.94. The van der Waals surface area contributed by atoms with Crippen molar-refractivity contribution < 1.29 is 32.2 Å². The van der Waals surface area contributed by atoms with Crippen LogP contribution in [0.15, 0.2) is 77.3 Å². The molecule has 0 saturated heterocycles. The van der Waals surface area contributed by atoms with Crippen LogP contribution in [0.3, 0.4) is 0 Å². The van der Waals surface area contributed by atoms with Crippen LogP contribution in [0.2, 0.25) is 0 Å². The predicted molar refractivity (Wildman–Crippen MR) is 125 cm³/mol. The Labute approximate surface area is 196 Å². The average Bonchev–Trinajstić information content (AvgIpc) is 2.87. The van der Waals surface area contributed by atoms with Gasteiger partial charge in [0.05, 0.1) is 31.8 Å². The molecule has 0 aliphatic heterocycles. The largest absolute Gasteiger partial charge is 0.493 e. The first-order valence-electron chi connectivity index (χ1n) is 10.1. The molecule has 0 atom stereocenters. The van der Waals surface area contributed by atoms with Crippen molar-refractivity contribution in [1.82, 2.24) is 4.72 Å². The number of carbonyl (C=O) groups excluding carboxylic acids is 2. The summed E-state index contributed by atoms with van der Waals surface area (Å²) in [6.07, 6.45) is 0. The number of Topliss-reactive ketones (excluding diaryl/α,β-unsaturated/α-hetero) is 2. The Balaban J connectivity index is 2.01. The first-order valence-corrected chi connectivity index (χ1v) is 11.6. The van der Waals surface area contributed by atoms with Crippen molar-refractivity contribution in [3.05, 3.63) is 89.1 Å². The van der Waals surface area contributed by atoms with E-state index >= 15 is 0 Å². The number of hydrogen-bond acceptors (Lipinski definition) is 7. The lowest BCUT2D eigenvalue weighted by atomic mass is 9.84. The van der Waals surface area contributed by atoms with Gasteiger partial charge in [-0.1, -0.05) is 42.5 Å². The van der Waals surface area contributed by atoms with Gasteiger partial charge >= 0.3 is 0 Å². The summed E-state index contributed by atoms with van der Waals surface area (Å²) in [5.41, 5.74) is -0.0960. The van der Waals surface area contributed by atoms with E-state index in [1.807, 2.05) is 0 Å². The fraction of sp³-hybridized carbons (Fsp3) is 0.120. The van der Waals surface area contributed by atoms with Crippen LogP contribution in [-0.2, 0) is 10.0 Å². The van der Waals surface area contributed by atoms with E-state index in [-0.39, 0.29) is 44.4 Å². The Bertz CT molecular complexity index is 1430. The van der Waals surface area contributed by atoms with E-state index in [9.17, 15) is 18.0 Å². The SMILES string of the molecule is COc1ccc(C2=C(NS(=O)(=O)c3ccccc3)C(=O)c3ccccc3C2=O)c(OC)c1OC. The van der Waals surface area contributed by atoms with E-state index in [1.165, 1.54) is 51.7 Å². The second-order valence-electron chi connectivity index (χ2n) is 7.25. The zero-order valence-electron chi connectivity index (χ0n) is 18.6. The number of methoxy groups -OCH3 is 3. The number of fused-ring (bicyclic) bond motifs is 1. The Hall–Kier alpha value is -4.11. The summed E-state index contributed by atoms with van der Waals surface area (Å²) in [7, 11) is 0.0369. The van der Waals surface area contributed by atoms with Gasteiger partial charge in [0.15, 0.2) is 17.3 Å². The summed E-state index contributed by atoms with van der Waals surface area (Å²) in [6, 6.07) is 16.9. The third-order valence-electron chi connectivity index (χ3n) is 5.38. The van der Waals surface area contributed by atoms with E-state index in [2.05, 4.69) is 4.72 Å². The first-order chi connectivity index (χ1) is 16.3. The van der Waals surface area contributed by atoms with Gasteiger partial charge in [-0.3, -0.25) is 14.3 Å². The fourth-order valence-electron chi connectivity index (χ4n) is 3.82. The molecule has 3 aromatic carbocycles. The molecule has 174 valence electrons. The molecule has 8 nitrogen and oxygen atoms in total. The average molecular weight is 480 g/mol. The molecular formula is C25H21NO7S. The number of ketones is 2. The molecular weight excluding hydrogens is 458 g/mol. The Morgan fingerprint density at radius 2 is 1.24 bits per heavy atom. The number of benzene rings is 3. The van der Waals surface area contributed by atoms with E-state index in [4.69, 9.17) is 14.2 Å². The summed E-state index contributed by atoms with van der Waals surface area (Å²) in [6.45, 7) is 0. The molecule has 1 aliphatic carbocycles. The molecule has 0 heterocycles. The molecule has 0 fully saturated rings. The predicted octanol–water partition coefficient (Wildman–Crippen LogP) is 3.48. The molecule has 9 heteroatoms. The van der Waals surface area contributed by atoms with Crippen LogP contribution in [-0.4, -0.2) is 41.3 Å². The van der Waals surface area contributed by atoms with Gasteiger partial charge in [0.2, 0.25) is 11.5 Å². The van der Waals surface area contributed by atoms with E-state index in [0.717, 1.165) is 0 Å². The second kappa shape index (κ2) is 9.03. The molecule has 0 amide bonds. The lowest BCUT2D eigenvalue weighted by molar-refractivity contribution is 0.0988. The molecule has 1 aliphatic rings. The maximum atomic E-state index is 13.6. The van der Waals surface area contributed by atoms with Crippen LogP contribution in [0.5, 0.6) is 17.2 Å². The lowest BCUT2D eigenvalue weighted by Gasteiger charge is -2.24. The molecule has 4 rings (SSSR count). The molecule has 0 spiro atoms. The van der Waals surface area contributed by atoms with Gasteiger partial charge in [0, 0.05) is 16.7 Å². The van der Waals surface area contributed by atoms with Crippen LogP contribution in [0.1, 0.15) is 26.3 Å². The molecule has 0 unspecified atom stereocenters. The van der Waals surface area contributed by atoms with Gasteiger partial charge in [-0.05, 0) is 24.3 Å². The Morgan fingerprint density at radius 1 is 0.647 bits per heavy atom. The summed E-state index contributed by atoms with van der Waals surface area (Å²) >= 11 is 0. The summed E-state index contributed by atoms with van der Waals surface area (Å²) in [4.78, 5) is 27.1. The standard InChI is InChI=1S/C25H21NO7S/c1-31-19-14-13-18(24(32-2)25(19)33-3)20-21(26-34(29,30)15-9-5-4-6-10-15)23(28)17-12-8-7-11-16(17)22(20)27/h4-14,26H,1-3H3. The highest BCUT2D eigenvalue weighted by atomic mass is 32.2. The van der Waals surface area contributed by atoms with Crippen molar-refractivity contribution in [1.29, 1.82) is 0 Å². The number of nitrogens with one attached hydrogen (secondary N) is 1. The molecule has 3 aromatic rings. The van der Waals surface area contributed by atoms with Gasteiger partial charge in [0.1, 0.15) is 5.70 Å². The number of hydrogen-bond donors (Lipinski definition) is 1. The minimum atomic E-state index is -4.19. The van der Waals surface area contributed by atoms with E-state index < -0.39 is 21.6 Å². The zero-order chi connectivity index (χ0) is 24.5. The smallest absolute Gasteiger partial charge is 0.262 e. The number of sulfonamides is 1. The fourth-order valence-corrected chi connectivity index (χ4v) is 4.92. The van der Waals surface area contributed by atoms with Crippen LogP contribution in [0.4, 0.5) is 0 Å². The highest BCUT2D eigenvalue weighted by Gasteiger charge is 2.37. The maximum absolute atomic E-state index is 13.6. The van der Waals surface area contributed by atoms with Crippen LogP contribution in [0, 0.1) is 0 Å². The highest BCUT2D eigenvalue weighted by Crippen LogP contribution is 2.45. The van der Waals surface area contributed by atoms with Gasteiger partial charge in [-0.2, -0.15) is 0 Å². The Kier molecular flexibility index (Phi) is 6.12. The van der Waals surface area contributed by atoms with Gasteiger partial charge in [-0.25, -0.2) is 8.42 Å². The summed E-state index contributed by atoms with van der Waals surface area (Å²) < 4.78 is 44.9. The highest BCUT2D eigenvalue weighted by molar-refractivity contribution is 7.89. The first kappa shape index (κ1) is 23.1. The van der Waals surface area contributed by atoms with Crippen LogP contribution in [0.25, 0.3) is 5.57 Å². The van der Waals surface area contributed by atoms with Crippen LogP contribution < -0.4 is 18.9 Å². The molecule has 0 bridgehead atoms. The number of allylic oxidation sites excluding steroid dienone is 2. The molecule has 1 N–H and O–H groups in total. The van der Waals surface area contributed by atoms with Crippen LogP contribution >= 0.6 is 0 Å².